The van der Waals surface area contributed by atoms with E-state index < -0.39 is 18.5 Å². The van der Waals surface area contributed by atoms with Gasteiger partial charge in [0.15, 0.2) is 18.1 Å². The second-order valence-corrected chi connectivity index (χ2v) is 4.28. The fourth-order valence-electron chi connectivity index (χ4n) is 1.50. The Bertz CT molecular complexity index is 557. The lowest BCUT2D eigenvalue weighted by Gasteiger charge is -2.11. The fourth-order valence-corrected chi connectivity index (χ4v) is 1.80. The van der Waals surface area contributed by atoms with Crippen LogP contribution >= 0.6 is 11.6 Å². The van der Waals surface area contributed by atoms with E-state index in [4.69, 9.17) is 26.8 Å². The van der Waals surface area contributed by atoms with E-state index in [1.165, 1.54) is 13.2 Å². The standard InChI is InChI=1S/C14H16ClNO5/c1-3-20-11-7-9(6-10(15)14(11)19-2)4-5-13(18)21-8-12(16)17/h4-7H,3,8H2,1-2H3,(H2,16,17)/b5-4+. The van der Waals surface area contributed by atoms with Crippen LogP contribution in [0.1, 0.15) is 12.5 Å². The molecular weight excluding hydrogens is 298 g/mol. The Kier molecular flexibility index (Phi) is 6.55. The van der Waals surface area contributed by atoms with Gasteiger partial charge in [0.05, 0.1) is 18.7 Å². The predicted octanol–water partition coefficient (Wildman–Crippen LogP) is 1.79. The molecule has 0 aliphatic heterocycles. The first-order valence-corrected chi connectivity index (χ1v) is 6.49. The largest absolute Gasteiger partial charge is 0.491 e. The number of rotatable bonds is 7. The monoisotopic (exact) mass is 313 g/mol. The predicted molar refractivity (Wildman–Crippen MR) is 78.4 cm³/mol. The quantitative estimate of drug-likeness (QED) is 0.612. The summed E-state index contributed by atoms with van der Waals surface area (Å²) in [6.45, 7) is 1.81. The summed E-state index contributed by atoms with van der Waals surface area (Å²) >= 11 is 6.07. The first-order valence-electron chi connectivity index (χ1n) is 6.11. The van der Waals surface area contributed by atoms with Gasteiger partial charge in [-0.2, -0.15) is 0 Å². The molecule has 0 aromatic heterocycles. The Balaban J connectivity index is 2.88. The zero-order valence-corrected chi connectivity index (χ0v) is 12.5. The topological polar surface area (TPSA) is 87.9 Å². The highest BCUT2D eigenvalue weighted by Crippen LogP contribution is 2.36. The lowest BCUT2D eigenvalue weighted by Crippen LogP contribution is -2.19. The molecule has 0 bridgehead atoms. The van der Waals surface area contributed by atoms with Crippen LogP contribution < -0.4 is 15.2 Å². The number of hydrogen-bond acceptors (Lipinski definition) is 5. The van der Waals surface area contributed by atoms with E-state index in [-0.39, 0.29) is 0 Å². The molecule has 0 aliphatic carbocycles. The van der Waals surface area contributed by atoms with Crippen LogP contribution in [0.5, 0.6) is 11.5 Å². The number of hydrogen-bond donors (Lipinski definition) is 1. The van der Waals surface area contributed by atoms with Crippen molar-refractivity contribution in [1.82, 2.24) is 0 Å². The lowest BCUT2D eigenvalue weighted by molar-refractivity contribution is -0.142. The average molecular weight is 314 g/mol. The minimum Gasteiger partial charge on any atom is -0.491 e. The van der Waals surface area contributed by atoms with E-state index in [1.54, 1.807) is 12.1 Å². The SMILES string of the molecule is CCOc1cc(/C=C/C(=O)OCC(N)=O)cc(Cl)c1OC. The zero-order chi connectivity index (χ0) is 15.8. The van der Waals surface area contributed by atoms with Crippen molar-refractivity contribution in [1.29, 1.82) is 0 Å². The van der Waals surface area contributed by atoms with Gasteiger partial charge >= 0.3 is 5.97 Å². The number of esters is 1. The van der Waals surface area contributed by atoms with E-state index in [0.29, 0.717) is 28.7 Å². The van der Waals surface area contributed by atoms with Crippen LogP contribution in [-0.2, 0) is 14.3 Å². The van der Waals surface area contributed by atoms with Crippen LogP contribution in [0, 0.1) is 0 Å². The van der Waals surface area contributed by atoms with E-state index >= 15 is 0 Å². The maximum absolute atomic E-state index is 11.3. The van der Waals surface area contributed by atoms with Crippen molar-refractivity contribution >= 4 is 29.6 Å². The van der Waals surface area contributed by atoms with Crippen LogP contribution in [-0.4, -0.2) is 32.2 Å². The second-order valence-electron chi connectivity index (χ2n) is 3.87. The van der Waals surface area contributed by atoms with Gasteiger partial charge in [0, 0.05) is 6.08 Å². The van der Waals surface area contributed by atoms with Gasteiger partial charge < -0.3 is 19.9 Å². The summed E-state index contributed by atoms with van der Waals surface area (Å²) in [5, 5.41) is 0.355. The highest BCUT2D eigenvalue weighted by molar-refractivity contribution is 6.32. The summed E-state index contributed by atoms with van der Waals surface area (Å²) in [6.07, 6.45) is 2.65. The number of benzene rings is 1. The first-order chi connectivity index (χ1) is 9.97. The van der Waals surface area contributed by atoms with Gasteiger partial charge in [0.1, 0.15) is 0 Å². The molecule has 0 saturated heterocycles. The molecule has 0 aliphatic rings. The molecule has 6 nitrogen and oxygen atoms in total. The molecule has 114 valence electrons. The van der Waals surface area contributed by atoms with Crippen molar-refractivity contribution < 1.29 is 23.8 Å². The van der Waals surface area contributed by atoms with E-state index in [1.807, 2.05) is 6.92 Å². The molecule has 21 heavy (non-hydrogen) atoms. The van der Waals surface area contributed by atoms with Crippen LogP contribution in [0.4, 0.5) is 0 Å². The second kappa shape index (κ2) is 8.16. The highest BCUT2D eigenvalue weighted by atomic mass is 35.5. The molecule has 0 radical (unpaired) electrons. The summed E-state index contributed by atoms with van der Waals surface area (Å²) in [7, 11) is 1.49. The molecule has 0 heterocycles. The van der Waals surface area contributed by atoms with Crippen LogP contribution in [0.15, 0.2) is 18.2 Å². The zero-order valence-electron chi connectivity index (χ0n) is 11.7. The first kappa shape index (κ1) is 16.8. The van der Waals surface area contributed by atoms with Gasteiger partial charge in [-0.25, -0.2) is 4.79 Å². The Morgan fingerprint density at radius 3 is 2.67 bits per heavy atom. The third-order valence-corrected chi connectivity index (χ3v) is 2.59. The molecule has 0 saturated carbocycles. The van der Waals surface area contributed by atoms with Gasteiger partial charge in [-0.15, -0.1) is 0 Å². The number of halogens is 1. The minimum atomic E-state index is -0.720. The maximum atomic E-state index is 11.3. The van der Waals surface area contributed by atoms with Crippen LogP contribution in [0.2, 0.25) is 5.02 Å². The van der Waals surface area contributed by atoms with E-state index in [9.17, 15) is 9.59 Å². The van der Waals surface area contributed by atoms with Gasteiger partial charge in [0.25, 0.3) is 5.91 Å². The Morgan fingerprint density at radius 2 is 2.10 bits per heavy atom. The number of amides is 1. The normalized spacial score (nSPS) is 10.4. The minimum absolute atomic E-state index is 0.355. The molecule has 1 aromatic carbocycles. The Labute approximate surface area is 127 Å². The Hall–Kier alpha value is -2.21. The number of methoxy groups -OCH3 is 1. The molecule has 2 N–H and O–H groups in total. The third-order valence-electron chi connectivity index (χ3n) is 2.30. The van der Waals surface area contributed by atoms with Gasteiger partial charge in [-0.3, -0.25) is 4.79 Å². The summed E-state index contributed by atoms with van der Waals surface area (Å²) < 4.78 is 15.2. The van der Waals surface area contributed by atoms with Crippen molar-refractivity contribution in [2.75, 3.05) is 20.3 Å². The number of carbonyl (C=O) groups is 2. The van der Waals surface area contributed by atoms with Crippen LogP contribution in [0.25, 0.3) is 6.08 Å². The van der Waals surface area contributed by atoms with Crippen molar-refractivity contribution in [3.8, 4) is 11.5 Å². The van der Waals surface area contributed by atoms with Crippen molar-refractivity contribution in [2.24, 2.45) is 5.73 Å². The molecule has 0 atom stereocenters. The summed E-state index contributed by atoms with van der Waals surface area (Å²) in [5.74, 6) is -0.508. The molecule has 0 fully saturated rings. The summed E-state index contributed by atoms with van der Waals surface area (Å²) in [4.78, 5) is 21.8. The van der Waals surface area contributed by atoms with Gasteiger partial charge in [0.2, 0.25) is 0 Å². The van der Waals surface area contributed by atoms with E-state index in [2.05, 4.69) is 4.74 Å². The van der Waals surface area contributed by atoms with E-state index in [0.717, 1.165) is 6.08 Å². The molecular formula is C14H16ClNO5. The average Bonchev–Trinajstić information content (AvgIpc) is 2.43. The number of ether oxygens (including phenoxy) is 3. The number of primary amides is 1. The van der Waals surface area contributed by atoms with Crippen molar-refractivity contribution in [3.05, 3.63) is 28.8 Å². The molecule has 7 heteroatoms. The molecule has 1 rings (SSSR count). The lowest BCUT2D eigenvalue weighted by atomic mass is 10.2. The summed E-state index contributed by atoms with van der Waals surface area (Å²) in [6, 6.07) is 3.28. The Morgan fingerprint density at radius 1 is 1.38 bits per heavy atom. The smallest absolute Gasteiger partial charge is 0.331 e. The van der Waals surface area contributed by atoms with Gasteiger partial charge in [-0.1, -0.05) is 11.6 Å². The molecule has 0 spiro atoms. The molecule has 0 unspecified atom stereocenters. The van der Waals surface area contributed by atoms with Crippen molar-refractivity contribution in [2.45, 2.75) is 6.92 Å². The molecule has 1 amide bonds. The van der Waals surface area contributed by atoms with Crippen molar-refractivity contribution in [3.63, 3.8) is 0 Å². The third kappa shape index (κ3) is 5.35. The van der Waals surface area contributed by atoms with Crippen LogP contribution in [0.3, 0.4) is 0 Å². The fraction of sp³-hybridized carbons (Fsp3) is 0.286. The highest BCUT2D eigenvalue weighted by Gasteiger charge is 2.10. The summed E-state index contributed by atoms with van der Waals surface area (Å²) in [5.41, 5.74) is 5.49. The maximum Gasteiger partial charge on any atom is 0.331 e. The number of carbonyl (C=O) groups excluding carboxylic acids is 2. The number of nitrogens with two attached hydrogens (primary N) is 1. The van der Waals surface area contributed by atoms with Gasteiger partial charge in [-0.05, 0) is 30.7 Å². The molecule has 1 aromatic rings.